The maximum Gasteiger partial charge on any atom is 0.320 e. The van der Waals surface area contributed by atoms with Crippen molar-refractivity contribution in [3.05, 3.63) is 0 Å². The number of hydrogen-bond donors (Lipinski definition) is 1. The molecular formula is C21H37N3O8. The maximum atomic E-state index is 13.5. The number of primary amides is 1. The Bertz CT molecular complexity index is 679. The molecule has 0 aliphatic carbocycles. The van der Waals surface area contributed by atoms with Crippen molar-refractivity contribution < 1.29 is 38.2 Å². The van der Waals surface area contributed by atoms with Crippen molar-refractivity contribution in [3.8, 4) is 0 Å². The molecule has 184 valence electrons. The molecule has 0 rings (SSSR count). The predicted molar refractivity (Wildman–Crippen MR) is 115 cm³/mol. The minimum Gasteiger partial charge on any atom is -0.468 e. The number of amides is 3. The van der Waals surface area contributed by atoms with Crippen molar-refractivity contribution in [2.75, 3.05) is 35.4 Å². The van der Waals surface area contributed by atoms with Crippen LogP contribution in [0.15, 0.2) is 0 Å². The first kappa shape index (κ1) is 29.3. The van der Waals surface area contributed by atoms with E-state index in [0.717, 1.165) is 19.1 Å². The van der Waals surface area contributed by atoms with E-state index in [0.29, 0.717) is 6.42 Å². The fraction of sp³-hybridized carbons (Fsp3) is 0.762. The Morgan fingerprint density at radius 3 is 1.78 bits per heavy atom. The highest BCUT2D eigenvalue weighted by atomic mass is 16.5. The molecule has 0 aromatic heterocycles. The van der Waals surface area contributed by atoms with E-state index in [1.807, 2.05) is 0 Å². The van der Waals surface area contributed by atoms with Gasteiger partial charge >= 0.3 is 11.9 Å². The van der Waals surface area contributed by atoms with Gasteiger partial charge in [-0.05, 0) is 20.3 Å². The van der Waals surface area contributed by atoms with Crippen molar-refractivity contribution in [1.82, 2.24) is 9.80 Å². The molecular weight excluding hydrogens is 422 g/mol. The number of carbonyl (C=O) groups is 5. The molecule has 11 nitrogen and oxygen atoms in total. The van der Waals surface area contributed by atoms with Crippen LogP contribution in [0, 0.1) is 5.92 Å². The lowest BCUT2D eigenvalue weighted by atomic mass is 9.94. The van der Waals surface area contributed by atoms with E-state index in [1.165, 1.54) is 26.1 Å². The van der Waals surface area contributed by atoms with E-state index in [1.54, 1.807) is 20.8 Å². The van der Waals surface area contributed by atoms with Gasteiger partial charge in [0.2, 0.25) is 17.7 Å². The van der Waals surface area contributed by atoms with Crippen molar-refractivity contribution in [3.63, 3.8) is 0 Å². The van der Waals surface area contributed by atoms with Crippen LogP contribution in [0.2, 0.25) is 0 Å². The Morgan fingerprint density at radius 2 is 1.41 bits per heavy atom. The molecule has 11 heteroatoms. The zero-order valence-corrected chi connectivity index (χ0v) is 20.3. The summed E-state index contributed by atoms with van der Waals surface area (Å²) in [6.45, 7) is 5.27. The van der Waals surface area contributed by atoms with Gasteiger partial charge in [-0.3, -0.25) is 24.0 Å². The molecule has 3 amide bonds. The van der Waals surface area contributed by atoms with Gasteiger partial charge in [0.05, 0.1) is 19.8 Å². The molecule has 1 unspecified atom stereocenters. The first-order valence-corrected chi connectivity index (χ1v) is 10.3. The Kier molecular flexibility index (Phi) is 11.9. The number of esters is 2. The van der Waals surface area contributed by atoms with Gasteiger partial charge in [0.15, 0.2) is 5.92 Å². The molecule has 0 aromatic carbocycles. The average Bonchev–Trinajstić information content (AvgIpc) is 2.75. The van der Waals surface area contributed by atoms with Crippen LogP contribution in [0.5, 0.6) is 0 Å². The summed E-state index contributed by atoms with van der Waals surface area (Å²) in [4.78, 5) is 64.8. The summed E-state index contributed by atoms with van der Waals surface area (Å²) in [5, 5.41) is 0. The third-order valence-corrected chi connectivity index (χ3v) is 5.42. The summed E-state index contributed by atoms with van der Waals surface area (Å²) >= 11 is 0. The van der Waals surface area contributed by atoms with E-state index in [-0.39, 0.29) is 25.2 Å². The zero-order chi connectivity index (χ0) is 25.2. The normalized spacial score (nSPS) is 13.2. The number of carbonyl (C=O) groups excluding carboxylic acids is 5. The van der Waals surface area contributed by atoms with Crippen LogP contribution < -0.4 is 5.73 Å². The number of nitrogens with zero attached hydrogens (tertiary/aromatic N) is 2. The first-order valence-electron chi connectivity index (χ1n) is 10.3. The summed E-state index contributed by atoms with van der Waals surface area (Å²) in [5.41, 5.74) is 4.78. The molecule has 0 saturated heterocycles. The molecule has 0 saturated carbocycles. The van der Waals surface area contributed by atoms with Crippen LogP contribution in [-0.2, 0) is 38.2 Å². The van der Waals surface area contributed by atoms with E-state index >= 15 is 0 Å². The number of methoxy groups -OCH3 is 3. The monoisotopic (exact) mass is 459 g/mol. The van der Waals surface area contributed by atoms with Crippen LogP contribution in [-0.4, -0.2) is 92.6 Å². The van der Waals surface area contributed by atoms with Gasteiger partial charge in [0, 0.05) is 40.5 Å². The van der Waals surface area contributed by atoms with Crippen molar-refractivity contribution in [2.24, 2.45) is 11.7 Å². The van der Waals surface area contributed by atoms with Gasteiger partial charge < -0.3 is 29.7 Å². The van der Waals surface area contributed by atoms with Gasteiger partial charge in [0.25, 0.3) is 0 Å². The Labute approximate surface area is 189 Å². The molecule has 0 aromatic rings. The molecule has 32 heavy (non-hydrogen) atoms. The van der Waals surface area contributed by atoms with Gasteiger partial charge in [-0.15, -0.1) is 0 Å². The smallest absolute Gasteiger partial charge is 0.320 e. The summed E-state index contributed by atoms with van der Waals surface area (Å²) in [6, 6.07) is -2.29. The Morgan fingerprint density at radius 1 is 0.906 bits per heavy atom. The van der Waals surface area contributed by atoms with Crippen LogP contribution in [0.4, 0.5) is 0 Å². The summed E-state index contributed by atoms with van der Waals surface area (Å²) < 4.78 is 14.7. The van der Waals surface area contributed by atoms with E-state index < -0.39 is 47.4 Å². The van der Waals surface area contributed by atoms with E-state index in [2.05, 4.69) is 9.47 Å². The maximum absolute atomic E-state index is 13.5. The fourth-order valence-electron chi connectivity index (χ4n) is 3.15. The lowest BCUT2D eigenvalue weighted by Crippen LogP contribution is -2.56. The highest BCUT2D eigenvalue weighted by molar-refractivity contribution is 5.97. The van der Waals surface area contributed by atoms with E-state index in [9.17, 15) is 24.0 Å². The van der Waals surface area contributed by atoms with Crippen LogP contribution >= 0.6 is 0 Å². The predicted octanol–water partition coefficient (Wildman–Crippen LogP) is 0.0932. The van der Waals surface area contributed by atoms with Crippen molar-refractivity contribution in [2.45, 2.75) is 64.1 Å². The quantitative estimate of drug-likeness (QED) is 0.301. The second kappa shape index (κ2) is 13.0. The average molecular weight is 460 g/mol. The molecule has 0 spiro atoms. The van der Waals surface area contributed by atoms with Gasteiger partial charge in [-0.1, -0.05) is 6.92 Å². The topological polar surface area (TPSA) is 146 Å². The van der Waals surface area contributed by atoms with Crippen LogP contribution in [0.25, 0.3) is 0 Å². The molecule has 0 radical (unpaired) electrons. The molecule has 2 atom stereocenters. The van der Waals surface area contributed by atoms with Crippen LogP contribution in [0.3, 0.4) is 0 Å². The largest absolute Gasteiger partial charge is 0.468 e. The minimum absolute atomic E-state index is 0.0951. The summed E-state index contributed by atoms with van der Waals surface area (Å²) in [6.07, 6.45) is 0.399. The molecule has 0 fully saturated rings. The van der Waals surface area contributed by atoms with Gasteiger partial charge in [-0.25, -0.2) is 0 Å². The van der Waals surface area contributed by atoms with Crippen molar-refractivity contribution in [1.29, 1.82) is 0 Å². The van der Waals surface area contributed by atoms with Crippen molar-refractivity contribution >= 4 is 29.7 Å². The van der Waals surface area contributed by atoms with Gasteiger partial charge in [0.1, 0.15) is 12.1 Å². The highest BCUT2D eigenvalue weighted by Crippen LogP contribution is 2.22. The molecule has 0 aliphatic rings. The Balaban J connectivity index is 6.17. The second-order valence-electron chi connectivity index (χ2n) is 8.14. The number of rotatable bonds is 13. The number of nitrogens with two attached hydrogens (primary N) is 1. The van der Waals surface area contributed by atoms with E-state index in [4.69, 9.17) is 10.5 Å². The number of hydrogen-bond acceptors (Lipinski definition) is 8. The van der Waals surface area contributed by atoms with Gasteiger partial charge in [-0.2, -0.15) is 0 Å². The number of ether oxygens (including phenoxy) is 3. The first-order chi connectivity index (χ1) is 14.8. The third kappa shape index (κ3) is 8.10. The zero-order valence-electron chi connectivity index (χ0n) is 20.3. The number of likely N-dealkylation sites (N-methyl/N-ethyl adjacent to an activating group) is 2. The molecule has 0 aliphatic heterocycles. The van der Waals surface area contributed by atoms with Crippen LogP contribution in [0.1, 0.15) is 46.5 Å². The third-order valence-electron chi connectivity index (χ3n) is 5.42. The lowest BCUT2D eigenvalue weighted by Gasteiger charge is -2.37. The molecule has 0 heterocycles. The second-order valence-corrected chi connectivity index (χ2v) is 8.14. The standard InChI is InChI=1S/C21H37N3O8/c1-9-10-16(25)23(4)14(11-13(19(28)30-6)20(29)31-7)18(27)24(5)15(17(22)26)12-21(2,3)32-8/h13-15H,9-12H2,1-8H3,(H2,22,26)/t14?,15-/m0/s1. The lowest BCUT2D eigenvalue weighted by molar-refractivity contribution is -0.162. The highest BCUT2D eigenvalue weighted by Gasteiger charge is 2.41. The molecule has 2 N–H and O–H groups in total. The SMILES string of the molecule is CCCC(=O)N(C)C(CC(C(=O)OC)C(=O)OC)C(=O)N(C)[C@@H](CC(C)(C)OC)C(N)=O. The Hall–Kier alpha value is -2.69. The summed E-state index contributed by atoms with van der Waals surface area (Å²) in [5.74, 6) is -5.02. The fourth-order valence-corrected chi connectivity index (χ4v) is 3.15. The summed E-state index contributed by atoms with van der Waals surface area (Å²) in [7, 11) is 6.45. The minimum atomic E-state index is -1.44. The molecule has 0 bridgehead atoms.